The lowest BCUT2D eigenvalue weighted by Crippen LogP contribution is -2.45. The lowest BCUT2D eigenvalue weighted by atomic mass is 9.87. The molecule has 0 spiro atoms. The summed E-state index contributed by atoms with van der Waals surface area (Å²) in [5.41, 5.74) is 4.90. The van der Waals surface area contributed by atoms with Crippen molar-refractivity contribution in [3.05, 3.63) is 46.8 Å². The number of carbonyl (C=O) groups is 2. The number of rotatable bonds is 3. The van der Waals surface area contributed by atoms with Crippen LogP contribution in [0.4, 0.5) is 0 Å². The lowest BCUT2D eigenvalue weighted by molar-refractivity contribution is -0.145. The zero-order chi connectivity index (χ0) is 19.1. The summed E-state index contributed by atoms with van der Waals surface area (Å²) in [4.78, 5) is 26.3. The number of nitrogens with zero attached hydrogens (tertiary/aromatic N) is 3. The van der Waals surface area contributed by atoms with Crippen molar-refractivity contribution in [2.75, 3.05) is 13.1 Å². The smallest absolute Gasteiger partial charge is 0.306 e. The monoisotopic (exact) mass is 367 g/mol. The number of aliphatic carboxylic acids is 1. The number of hydrogen-bond acceptors (Lipinski definition) is 3. The Morgan fingerprint density at radius 1 is 1.22 bits per heavy atom. The van der Waals surface area contributed by atoms with Gasteiger partial charge in [0.05, 0.1) is 11.6 Å². The van der Waals surface area contributed by atoms with Gasteiger partial charge < -0.3 is 10.0 Å². The number of benzene rings is 1. The first-order valence-corrected chi connectivity index (χ1v) is 9.66. The Kier molecular flexibility index (Phi) is 4.50. The van der Waals surface area contributed by atoms with Crippen LogP contribution in [0.1, 0.15) is 47.1 Å². The molecule has 1 aromatic heterocycles. The topological polar surface area (TPSA) is 75.4 Å². The van der Waals surface area contributed by atoms with Crippen LogP contribution >= 0.6 is 0 Å². The molecule has 142 valence electrons. The average molecular weight is 367 g/mol. The molecule has 6 nitrogen and oxygen atoms in total. The minimum absolute atomic E-state index is 0.0494. The summed E-state index contributed by atoms with van der Waals surface area (Å²) in [5, 5.41) is 14.0. The Morgan fingerprint density at radius 3 is 2.70 bits per heavy atom. The molecule has 0 bridgehead atoms. The van der Waals surface area contributed by atoms with Crippen LogP contribution in [-0.4, -0.2) is 44.8 Å². The first-order valence-electron chi connectivity index (χ1n) is 9.66. The van der Waals surface area contributed by atoms with Crippen LogP contribution in [0.5, 0.6) is 0 Å². The Bertz CT molecular complexity index is 902. The fourth-order valence-corrected chi connectivity index (χ4v) is 4.46. The number of aryl methyl sites for hydroxylation is 1. The average Bonchev–Trinajstić information content (AvgIpc) is 3.24. The molecule has 1 N–H and O–H groups in total. The molecule has 1 saturated heterocycles. The summed E-state index contributed by atoms with van der Waals surface area (Å²) >= 11 is 0. The van der Waals surface area contributed by atoms with E-state index in [4.69, 9.17) is 5.10 Å². The van der Waals surface area contributed by atoms with Crippen molar-refractivity contribution in [2.24, 2.45) is 11.8 Å². The third-order valence-corrected chi connectivity index (χ3v) is 5.99. The molecule has 6 heteroatoms. The molecule has 27 heavy (non-hydrogen) atoms. The van der Waals surface area contributed by atoms with Gasteiger partial charge in [0.15, 0.2) is 5.69 Å². The van der Waals surface area contributed by atoms with E-state index in [0.29, 0.717) is 25.2 Å². The third-order valence-electron chi connectivity index (χ3n) is 5.99. The fraction of sp³-hybridized carbons (Fsp3) is 0.476. The maximum absolute atomic E-state index is 13.2. The van der Waals surface area contributed by atoms with E-state index in [1.165, 1.54) is 0 Å². The first kappa shape index (κ1) is 17.8. The van der Waals surface area contributed by atoms with E-state index >= 15 is 0 Å². The number of piperidine rings is 1. The van der Waals surface area contributed by atoms with E-state index in [2.05, 4.69) is 13.0 Å². The summed E-state index contributed by atoms with van der Waals surface area (Å²) in [5.74, 6) is -1.24. The van der Waals surface area contributed by atoms with Crippen LogP contribution in [0.2, 0.25) is 0 Å². The van der Waals surface area contributed by atoms with Gasteiger partial charge in [-0.05, 0) is 50.2 Å². The highest BCUT2D eigenvalue weighted by molar-refractivity contribution is 5.94. The van der Waals surface area contributed by atoms with Crippen molar-refractivity contribution in [3.63, 3.8) is 0 Å². The van der Waals surface area contributed by atoms with Crippen molar-refractivity contribution < 1.29 is 14.7 Å². The number of amides is 1. The standard InChI is InChI=1S/C21H25N3O3/c1-13-6-3-4-8-17(13)24-18-9-5-7-16(18)19(22-24)20(25)23-11-10-15(21(26)27)14(2)12-23/h3-4,6,8,14-15H,5,7,9-12H2,1-2H3,(H,26,27). The van der Waals surface area contributed by atoms with Gasteiger partial charge in [0, 0.05) is 24.3 Å². The van der Waals surface area contributed by atoms with Gasteiger partial charge in [0.1, 0.15) is 0 Å². The van der Waals surface area contributed by atoms with Gasteiger partial charge in [-0.2, -0.15) is 5.10 Å². The van der Waals surface area contributed by atoms with Crippen LogP contribution in [-0.2, 0) is 17.6 Å². The number of likely N-dealkylation sites (tertiary alicyclic amines) is 1. The highest BCUT2D eigenvalue weighted by Crippen LogP contribution is 2.31. The second-order valence-corrected chi connectivity index (χ2v) is 7.79. The Morgan fingerprint density at radius 2 is 2.00 bits per heavy atom. The summed E-state index contributed by atoms with van der Waals surface area (Å²) < 4.78 is 1.94. The Labute approximate surface area is 158 Å². The van der Waals surface area contributed by atoms with Gasteiger partial charge in [-0.3, -0.25) is 9.59 Å². The lowest BCUT2D eigenvalue weighted by Gasteiger charge is -2.34. The second-order valence-electron chi connectivity index (χ2n) is 7.79. The predicted molar refractivity (Wildman–Crippen MR) is 101 cm³/mol. The number of para-hydroxylation sites is 1. The number of fused-ring (bicyclic) bond motifs is 1. The number of carboxylic acids is 1. The van der Waals surface area contributed by atoms with Gasteiger partial charge in [0.25, 0.3) is 5.91 Å². The zero-order valence-corrected chi connectivity index (χ0v) is 15.8. The SMILES string of the molecule is Cc1ccccc1-n1nc(C(=O)N2CCC(C(=O)O)C(C)C2)c2c1CCC2. The van der Waals surface area contributed by atoms with Crippen LogP contribution in [0, 0.1) is 18.8 Å². The molecule has 0 radical (unpaired) electrons. The van der Waals surface area contributed by atoms with Crippen molar-refractivity contribution in [3.8, 4) is 5.69 Å². The number of aromatic nitrogens is 2. The van der Waals surface area contributed by atoms with E-state index in [1.807, 2.05) is 29.8 Å². The third kappa shape index (κ3) is 3.03. The van der Waals surface area contributed by atoms with Gasteiger partial charge in [-0.25, -0.2) is 4.68 Å². The molecule has 2 aliphatic rings. The van der Waals surface area contributed by atoms with Gasteiger partial charge >= 0.3 is 5.97 Å². The molecule has 4 rings (SSSR count). The highest BCUT2D eigenvalue weighted by atomic mass is 16.4. The number of carbonyl (C=O) groups excluding carboxylic acids is 1. The molecule has 2 atom stereocenters. The minimum atomic E-state index is -0.765. The molecular formula is C21H25N3O3. The molecule has 0 saturated carbocycles. The molecule has 1 fully saturated rings. The predicted octanol–water partition coefficient (Wildman–Crippen LogP) is 2.85. The second kappa shape index (κ2) is 6.83. The largest absolute Gasteiger partial charge is 0.481 e. The van der Waals surface area contributed by atoms with Gasteiger partial charge in [0.2, 0.25) is 0 Å². The molecule has 1 amide bonds. The first-order chi connectivity index (χ1) is 13.0. The molecule has 2 unspecified atom stereocenters. The highest BCUT2D eigenvalue weighted by Gasteiger charge is 2.36. The normalized spacial score (nSPS) is 21.9. The van der Waals surface area contributed by atoms with E-state index < -0.39 is 5.97 Å². The van der Waals surface area contributed by atoms with Crippen LogP contribution < -0.4 is 0 Å². The molecular weight excluding hydrogens is 342 g/mol. The molecule has 1 aliphatic heterocycles. The van der Waals surface area contributed by atoms with E-state index in [9.17, 15) is 14.7 Å². The summed E-state index contributed by atoms with van der Waals surface area (Å²) in [6.07, 6.45) is 3.35. The summed E-state index contributed by atoms with van der Waals surface area (Å²) in [6.45, 7) is 4.92. The molecule has 1 aromatic carbocycles. The number of carboxylic acid groups (broad SMARTS) is 1. The van der Waals surface area contributed by atoms with Crippen LogP contribution in [0.15, 0.2) is 24.3 Å². The van der Waals surface area contributed by atoms with E-state index in [0.717, 1.165) is 41.8 Å². The summed E-state index contributed by atoms with van der Waals surface area (Å²) in [6, 6.07) is 8.08. The Balaban J connectivity index is 1.65. The quantitative estimate of drug-likeness (QED) is 0.905. The van der Waals surface area contributed by atoms with Gasteiger partial charge in [-0.15, -0.1) is 0 Å². The Hall–Kier alpha value is -2.63. The van der Waals surface area contributed by atoms with Crippen molar-refractivity contribution in [2.45, 2.75) is 39.5 Å². The van der Waals surface area contributed by atoms with E-state index in [-0.39, 0.29) is 17.7 Å². The van der Waals surface area contributed by atoms with Crippen LogP contribution in [0.25, 0.3) is 5.69 Å². The number of hydrogen-bond donors (Lipinski definition) is 1. The maximum Gasteiger partial charge on any atom is 0.306 e. The fourth-order valence-electron chi connectivity index (χ4n) is 4.46. The molecule has 2 heterocycles. The molecule has 1 aliphatic carbocycles. The van der Waals surface area contributed by atoms with Crippen LogP contribution in [0.3, 0.4) is 0 Å². The van der Waals surface area contributed by atoms with Gasteiger partial charge in [-0.1, -0.05) is 25.1 Å². The van der Waals surface area contributed by atoms with Crippen molar-refractivity contribution >= 4 is 11.9 Å². The van der Waals surface area contributed by atoms with Crippen molar-refractivity contribution in [1.82, 2.24) is 14.7 Å². The summed E-state index contributed by atoms with van der Waals surface area (Å²) in [7, 11) is 0. The minimum Gasteiger partial charge on any atom is -0.481 e. The zero-order valence-electron chi connectivity index (χ0n) is 15.8. The maximum atomic E-state index is 13.2. The van der Waals surface area contributed by atoms with E-state index in [1.54, 1.807) is 4.90 Å². The van der Waals surface area contributed by atoms with Crippen molar-refractivity contribution in [1.29, 1.82) is 0 Å². The molecule has 2 aromatic rings.